The van der Waals surface area contributed by atoms with Gasteiger partial charge in [0.1, 0.15) is 5.82 Å². The van der Waals surface area contributed by atoms with Crippen molar-refractivity contribution in [3.8, 4) is 0 Å². The maximum atomic E-state index is 12.6. The number of anilines is 1. The minimum atomic E-state index is 0.134. The predicted octanol–water partition coefficient (Wildman–Crippen LogP) is 3.45. The zero-order valence-electron chi connectivity index (χ0n) is 16.3. The number of carbonyl (C=O) groups excluding carboxylic acids is 1. The van der Waals surface area contributed by atoms with Crippen LogP contribution >= 0.6 is 0 Å². The highest BCUT2D eigenvalue weighted by atomic mass is 16.5. The second-order valence-electron chi connectivity index (χ2n) is 7.40. The number of hydrogen-bond acceptors (Lipinski definition) is 4. The number of ether oxygens (including phenoxy) is 1. The van der Waals surface area contributed by atoms with Gasteiger partial charge in [-0.2, -0.15) is 5.10 Å². The number of aromatic nitrogens is 4. The lowest BCUT2D eigenvalue weighted by Gasteiger charge is -2.20. The number of nitrogens with zero attached hydrogens (tertiary/aromatic N) is 4. The molecular formula is C21H27N5O2. The third kappa shape index (κ3) is 4.09. The first-order valence-electron chi connectivity index (χ1n) is 10.0. The second-order valence-corrected chi connectivity index (χ2v) is 7.40. The normalized spacial score (nSPS) is 15.2. The average molecular weight is 381 g/mol. The summed E-state index contributed by atoms with van der Waals surface area (Å²) in [4.78, 5) is 17.4. The molecule has 4 rings (SSSR count). The molecule has 148 valence electrons. The highest BCUT2D eigenvalue weighted by Crippen LogP contribution is 2.26. The van der Waals surface area contributed by atoms with E-state index in [0.29, 0.717) is 13.2 Å². The quantitative estimate of drug-likeness (QED) is 0.680. The summed E-state index contributed by atoms with van der Waals surface area (Å²) in [5.74, 6) is 1.19. The average Bonchev–Trinajstić information content (AvgIpc) is 3.34. The van der Waals surface area contributed by atoms with Crippen LogP contribution in [0, 0.1) is 5.92 Å². The Labute approximate surface area is 164 Å². The Kier molecular flexibility index (Phi) is 5.71. The van der Waals surface area contributed by atoms with Crippen LogP contribution in [0.15, 0.2) is 36.7 Å². The molecule has 1 N–H and O–H groups in total. The van der Waals surface area contributed by atoms with Crippen molar-refractivity contribution in [1.29, 1.82) is 0 Å². The van der Waals surface area contributed by atoms with Gasteiger partial charge < -0.3 is 14.6 Å². The van der Waals surface area contributed by atoms with Gasteiger partial charge in [-0.3, -0.25) is 9.48 Å². The first-order valence-corrected chi connectivity index (χ1v) is 10.0. The lowest BCUT2D eigenvalue weighted by molar-refractivity contribution is -0.120. The van der Waals surface area contributed by atoms with Crippen LogP contribution in [0.3, 0.4) is 0 Å². The summed E-state index contributed by atoms with van der Waals surface area (Å²) in [6.45, 7) is 1.92. The Balaban J connectivity index is 1.58. The molecule has 1 amide bonds. The van der Waals surface area contributed by atoms with Gasteiger partial charge >= 0.3 is 0 Å². The Morgan fingerprint density at radius 1 is 1.29 bits per heavy atom. The molecule has 28 heavy (non-hydrogen) atoms. The molecule has 7 nitrogen and oxygen atoms in total. The minimum absolute atomic E-state index is 0.134. The van der Waals surface area contributed by atoms with Gasteiger partial charge in [-0.05, 0) is 37.1 Å². The molecule has 0 aliphatic heterocycles. The fraction of sp³-hybridized carbons (Fsp3) is 0.476. The highest BCUT2D eigenvalue weighted by Gasteiger charge is 2.21. The van der Waals surface area contributed by atoms with Gasteiger partial charge in [-0.1, -0.05) is 19.3 Å². The van der Waals surface area contributed by atoms with E-state index in [-0.39, 0.29) is 11.8 Å². The van der Waals surface area contributed by atoms with Crippen LogP contribution in [0.2, 0.25) is 0 Å². The largest absolute Gasteiger partial charge is 0.383 e. The second kappa shape index (κ2) is 8.56. The first kappa shape index (κ1) is 18.7. The third-order valence-corrected chi connectivity index (χ3v) is 5.45. The molecule has 0 bridgehead atoms. The van der Waals surface area contributed by atoms with Crippen LogP contribution in [0.4, 0.5) is 5.69 Å². The Bertz CT molecular complexity index is 926. The summed E-state index contributed by atoms with van der Waals surface area (Å²) in [5, 5.41) is 7.38. The minimum Gasteiger partial charge on any atom is -0.383 e. The lowest BCUT2D eigenvalue weighted by Crippen LogP contribution is -2.24. The number of fused-ring (bicyclic) bond motifs is 1. The van der Waals surface area contributed by atoms with E-state index in [0.717, 1.165) is 54.8 Å². The fourth-order valence-electron chi connectivity index (χ4n) is 3.96. The molecule has 7 heteroatoms. The molecule has 3 aromatic rings. The van der Waals surface area contributed by atoms with E-state index in [4.69, 9.17) is 9.72 Å². The molecule has 1 saturated carbocycles. The molecule has 2 aromatic heterocycles. The summed E-state index contributed by atoms with van der Waals surface area (Å²) in [7, 11) is 1.70. The van der Waals surface area contributed by atoms with E-state index in [1.807, 2.05) is 35.1 Å². The van der Waals surface area contributed by atoms with E-state index in [9.17, 15) is 4.79 Å². The molecule has 0 saturated heterocycles. The molecule has 0 spiro atoms. The summed E-state index contributed by atoms with van der Waals surface area (Å²) < 4.78 is 9.29. The first-order chi connectivity index (χ1) is 13.7. The van der Waals surface area contributed by atoms with Gasteiger partial charge in [0.2, 0.25) is 5.91 Å². The molecule has 2 heterocycles. The van der Waals surface area contributed by atoms with E-state index in [2.05, 4.69) is 15.0 Å². The fourth-order valence-corrected chi connectivity index (χ4v) is 3.96. The zero-order chi connectivity index (χ0) is 19.3. The van der Waals surface area contributed by atoms with Gasteiger partial charge in [-0.25, -0.2) is 4.98 Å². The van der Waals surface area contributed by atoms with Crippen LogP contribution in [0.1, 0.15) is 37.9 Å². The van der Waals surface area contributed by atoms with Crippen molar-refractivity contribution in [2.45, 2.75) is 45.2 Å². The van der Waals surface area contributed by atoms with Crippen LogP contribution in [0.5, 0.6) is 0 Å². The summed E-state index contributed by atoms with van der Waals surface area (Å²) in [6, 6.07) is 7.86. The number of benzene rings is 1. The van der Waals surface area contributed by atoms with Crippen LogP contribution in [-0.4, -0.2) is 39.0 Å². The van der Waals surface area contributed by atoms with Crippen molar-refractivity contribution in [3.05, 3.63) is 42.5 Å². The Morgan fingerprint density at radius 3 is 2.89 bits per heavy atom. The molecule has 1 aliphatic rings. The van der Waals surface area contributed by atoms with E-state index >= 15 is 0 Å². The molecule has 1 fully saturated rings. The molecule has 0 atom stereocenters. The standard InChI is InChI=1S/C21H27N5O2/c1-28-13-12-26-19-9-8-17(23-21(27)16-6-3-2-4-7-16)14-18(19)24-20(26)15-25-11-5-10-22-25/h5,8-11,14,16H,2-4,6-7,12-13,15H2,1H3,(H,23,27). The van der Waals surface area contributed by atoms with E-state index < -0.39 is 0 Å². The van der Waals surface area contributed by atoms with Gasteiger partial charge in [0, 0.05) is 37.7 Å². The number of methoxy groups -OCH3 is 1. The molecule has 1 aromatic carbocycles. The third-order valence-electron chi connectivity index (χ3n) is 5.45. The smallest absolute Gasteiger partial charge is 0.227 e. The van der Waals surface area contributed by atoms with Crippen molar-refractivity contribution in [3.63, 3.8) is 0 Å². The number of rotatable bonds is 7. The Hall–Kier alpha value is -2.67. The van der Waals surface area contributed by atoms with Crippen LogP contribution < -0.4 is 5.32 Å². The van der Waals surface area contributed by atoms with E-state index in [1.165, 1.54) is 6.42 Å². The van der Waals surface area contributed by atoms with Gasteiger partial charge in [-0.15, -0.1) is 0 Å². The topological polar surface area (TPSA) is 74.0 Å². The maximum absolute atomic E-state index is 12.6. The maximum Gasteiger partial charge on any atom is 0.227 e. The highest BCUT2D eigenvalue weighted by molar-refractivity contribution is 5.94. The number of carbonyl (C=O) groups is 1. The van der Waals surface area contributed by atoms with Gasteiger partial charge in [0.25, 0.3) is 0 Å². The summed E-state index contributed by atoms with van der Waals surface area (Å²) in [5.41, 5.74) is 2.72. The molecular weight excluding hydrogens is 354 g/mol. The van der Waals surface area contributed by atoms with Crippen LogP contribution in [-0.2, 0) is 22.6 Å². The monoisotopic (exact) mass is 381 g/mol. The van der Waals surface area contributed by atoms with Crippen molar-refractivity contribution in [1.82, 2.24) is 19.3 Å². The van der Waals surface area contributed by atoms with Crippen molar-refractivity contribution < 1.29 is 9.53 Å². The van der Waals surface area contributed by atoms with Gasteiger partial charge in [0.05, 0.1) is 24.2 Å². The molecule has 0 radical (unpaired) electrons. The number of imidazole rings is 1. The van der Waals surface area contributed by atoms with Crippen molar-refractivity contribution >= 4 is 22.6 Å². The SMILES string of the molecule is COCCn1c(Cn2cccn2)nc2cc(NC(=O)C3CCCCC3)ccc21. The van der Waals surface area contributed by atoms with Crippen molar-refractivity contribution in [2.24, 2.45) is 5.92 Å². The predicted molar refractivity (Wildman–Crippen MR) is 108 cm³/mol. The number of nitrogens with one attached hydrogen (secondary N) is 1. The molecule has 0 unspecified atom stereocenters. The van der Waals surface area contributed by atoms with Crippen LogP contribution in [0.25, 0.3) is 11.0 Å². The van der Waals surface area contributed by atoms with Crippen molar-refractivity contribution in [2.75, 3.05) is 19.0 Å². The van der Waals surface area contributed by atoms with Gasteiger partial charge in [0.15, 0.2) is 0 Å². The zero-order valence-corrected chi connectivity index (χ0v) is 16.3. The van der Waals surface area contributed by atoms with E-state index in [1.54, 1.807) is 13.3 Å². The molecule has 1 aliphatic carbocycles. The number of amides is 1. The Morgan fingerprint density at radius 2 is 2.14 bits per heavy atom. The number of hydrogen-bond donors (Lipinski definition) is 1. The lowest BCUT2D eigenvalue weighted by atomic mass is 9.88. The summed E-state index contributed by atoms with van der Waals surface area (Å²) in [6.07, 6.45) is 9.22. The summed E-state index contributed by atoms with van der Waals surface area (Å²) >= 11 is 0.